The van der Waals surface area contributed by atoms with E-state index in [-0.39, 0.29) is 18.7 Å². The second-order valence-electron chi connectivity index (χ2n) is 7.38. The molecule has 1 fully saturated rings. The van der Waals surface area contributed by atoms with Gasteiger partial charge in [0, 0.05) is 6.54 Å². The SMILES string of the molecule is CC(C)(C)OC(=O)N1CCC[C@H]1C1OCC(F)c2cc(F)ccc21. The number of ether oxygens (including phenoxy) is 2. The minimum absolute atomic E-state index is 0.125. The van der Waals surface area contributed by atoms with Gasteiger partial charge in [-0.25, -0.2) is 13.6 Å². The molecule has 0 saturated carbocycles. The molecule has 24 heavy (non-hydrogen) atoms. The number of carbonyl (C=O) groups excluding carboxylic acids is 1. The molecule has 1 amide bonds. The summed E-state index contributed by atoms with van der Waals surface area (Å²) in [4.78, 5) is 14.1. The summed E-state index contributed by atoms with van der Waals surface area (Å²) in [5.74, 6) is -0.465. The molecule has 3 rings (SSSR count). The van der Waals surface area contributed by atoms with E-state index in [4.69, 9.17) is 9.47 Å². The highest BCUT2D eigenvalue weighted by molar-refractivity contribution is 5.69. The molecule has 2 aliphatic rings. The number of likely N-dealkylation sites (tertiary alicyclic amines) is 1. The van der Waals surface area contributed by atoms with Gasteiger partial charge in [-0.1, -0.05) is 6.07 Å². The molecule has 0 radical (unpaired) electrons. The molecule has 6 heteroatoms. The minimum atomic E-state index is -1.34. The van der Waals surface area contributed by atoms with Gasteiger partial charge in [-0.15, -0.1) is 0 Å². The first-order valence-corrected chi connectivity index (χ1v) is 8.31. The maximum absolute atomic E-state index is 14.1. The fourth-order valence-electron chi connectivity index (χ4n) is 3.42. The number of nitrogens with zero attached hydrogens (tertiary/aromatic N) is 1. The lowest BCUT2D eigenvalue weighted by Crippen LogP contribution is -2.44. The Hall–Kier alpha value is -1.69. The number of hydrogen-bond acceptors (Lipinski definition) is 3. The topological polar surface area (TPSA) is 38.8 Å². The van der Waals surface area contributed by atoms with Gasteiger partial charge in [-0.05, 0) is 56.9 Å². The molecule has 0 aliphatic carbocycles. The van der Waals surface area contributed by atoms with Crippen molar-refractivity contribution in [3.63, 3.8) is 0 Å². The highest BCUT2D eigenvalue weighted by Gasteiger charge is 2.41. The number of carbonyl (C=O) groups is 1. The molecule has 0 N–H and O–H groups in total. The van der Waals surface area contributed by atoms with Crippen LogP contribution in [0.3, 0.4) is 0 Å². The summed E-state index contributed by atoms with van der Waals surface area (Å²) < 4.78 is 38.7. The molecule has 0 aromatic heterocycles. The first-order chi connectivity index (χ1) is 11.3. The van der Waals surface area contributed by atoms with E-state index in [0.29, 0.717) is 17.7 Å². The van der Waals surface area contributed by atoms with Crippen molar-refractivity contribution in [3.05, 3.63) is 35.1 Å². The van der Waals surface area contributed by atoms with Crippen LogP contribution in [0.25, 0.3) is 0 Å². The molecule has 3 atom stereocenters. The quantitative estimate of drug-likeness (QED) is 0.765. The minimum Gasteiger partial charge on any atom is -0.444 e. The number of hydrogen-bond donors (Lipinski definition) is 0. The zero-order valence-electron chi connectivity index (χ0n) is 14.2. The van der Waals surface area contributed by atoms with Crippen LogP contribution in [0.15, 0.2) is 18.2 Å². The molecule has 132 valence electrons. The van der Waals surface area contributed by atoms with Crippen LogP contribution in [0.5, 0.6) is 0 Å². The Morgan fingerprint density at radius 3 is 2.79 bits per heavy atom. The van der Waals surface area contributed by atoms with Gasteiger partial charge in [0.25, 0.3) is 0 Å². The van der Waals surface area contributed by atoms with Crippen LogP contribution in [0, 0.1) is 5.82 Å². The van der Waals surface area contributed by atoms with Crippen LogP contribution >= 0.6 is 0 Å². The Morgan fingerprint density at radius 2 is 2.08 bits per heavy atom. The lowest BCUT2D eigenvalue weighted by molar-refractivity contribution is -0.0473. The largest absolute Gasteiger partial charge is 0.444 e. The van der Waals surface area contributed by atoms with Crippen molar-refractivity contribution >= 4 is 6.09 Å². The van der Waals surface area contributed by atoms with E-state index in [1.165, 1.54) is 12.1 Å². The molecule has 0 bridgehead atoms. The van der Waals surface area contributed by atoms with Gasteiger partial charge in [0.05, 0.1) is 12.6 Å². The third kappa shape index (κ3) is 3.38. The fraction of sp³-hybridized carbons (Fsp3) is 0.611. The van der Waals surface area contributed by atoms with Crippen molar-refractivity contribution in [3.8, 4) is 0 Å². The van der Waals surface area contributed by atoms with Crippen LogP contribution < -0.4 is 0 Å². The van der Waals surface area contributed by atoms with E-state index >= 15 is 0 Å². The summed E-state index contributed by atoms with van der Waals surface area (Å²) in [6.45, 7) is 5.91. The van der Waals surface area contributed by atoms with Crippen molar-refractivity contribution in [2.75, 3.05) is 13.2 Å². The van der Waals surface area contributed by atoms with Gasteiger partial charge < -0.3 is 14.4 Å². The van der Waals surface area contributed by atoms with E-state index in [0.717, 1.165) is 12.8 Å². The summed E-state index contributed by atoms with van der Waals surface area (Å²) in [5, 5.41) is 0. The number of amides is 1. The number of alkyl halides is 1. The zero-order valence-corrected chi connectivity index (χ0v) is 14.2. The Bertz CT molecular complexity index is 629. The Kier molecular flexibility index (Phi) is 4.51. The standard InChI is InChI=1S/C18H23F2NO3/c1-18(2,3)24-17(22)21-8-4-5-15(21)16-12-7-6-11(19)9-13(12)14(20)10-23-16/h6-7,9,14-16H,4-5,8,10H2,1-3H3/t14?,15-,16?/m0/s1. The molecule has 0 spiro atoms. The molecule has 2 aliphatic heterocycles. The summed E-state index contributed by atoms with van der Waals surface area (Å²) in [6.07, 6.45) is -0.609. The Labute approximate surface area is 140 Å². The third-order valence-corrected chi connectivity index (χ3v) is 4.39. The van der Waals surface area contributed by atoms with E-state index in [9.17, 15) is 13.6 Å². The average Bonchev–Trinajstić information content (AvgIpc) is 2.96. The van der Waals surface area contributed by atoms with Crippen LogP contribution in [0.2, 0.25) is 0 Å². The third-order valence-electron chi connectivity index (χ3n) is 4.39. The molecule has 1 aromatic carbocycles. The van der Waals surface area contributed by atoms with Crippen LogP contribution in [0.1, 0.15) is 57.0 Å². The molecular formula is C18H23F2NO3. The van der Waals surface area contributed by atoms with Gasteiger partial charge in [0.1, 0.15) is 23.7 Å². The number of fused-ring (bicyclic) bond motifs is 1. The van der Waals surface area contributed by atoms with E-state index in [1.807, 2.05) is 20.8 Å². The maximum atomic E-state index is 14.1. The van der Waals surface area contributed by atoms with E-state index < -0.39 is 23.7 Å². The number of halogens is 2. The normalized spacial score (nSPS) is 27.0. The molecule has 2 unspecified atom stereocenters. The molecule has 4 nitrogen and oxygen atoms in total. The summed E-state index contributed by atoms with van der Waals surface area (Å²) >= 11 is 0. The average molecular weight is 339 g/mol. The van der Waals surface area contributed by atoms with Crippen molar-refractivity contribution in [1.82, 2.24) is 4.90 Å². The van der Waals surface area contributed by atoms with Crippen molar-refractivity contribution in [2.24, 2.45) is 0 Å². The summed E-state index contributed by atoms with van der Waals surface area (Å²) in [7, 11) is 0. The molecule has 1 aromatic rings. The van der Waals surface area contributed by atoms with Crippen LogP contribution in [0.4, 0.5) is 13.6 Å². The monoisotopic (exact) mass is 339 g/mol. The first-order valence-electron chi connectivity index (χ1n) is 8.31. The van der Waals surface area contributed by atoms with Crippen molar-refractivity contribution in [2.45, 2.75) is 57.5 Å². The maximum Gasteiger partial charge on any atom is 0.410 e. The van der Waals surface area contributed by atoms with E-state index in [1.54, 1.807) is 11.0 Å². The van der Waals surface area contributed by atoms with Gasteiger partial charge in [0.15, 0.2) is 0 Å². The van der Waals surface area contributed by atoms with Gasteiger partial charge in [-0.3, -0.25) is 0 Å². The Morgan fingerprint density at radius 1 is 1.33 bits per heavy atom. The highest BCUT2D eigenvalue weighted by Crippen LogP contribution is 2.41. The van der Waals surface area contributed by atoms with Gasteiger partial charge in [-0.2, -0.15) is 0 Å². The van der Waals surface area contributed by atoms with Crippen LogP contribution in [-0.2, 0) is 9.47 Å². The van der Waals surface area contributed by atoms with Gasteiger partial charge >= 0.3 is 6.09 Å². The second kappa shape index (κ2) is 6.31. The highest BCUT2D eigenvalue weighted by atomic mass is 19.1. The predicted octanol–water partition coefficient (Wildman–Crippen LogP) is 4.31. The summed E-state index contributed by atoms with van der Waals surface area (Å²) in [6, 6.07) is 3.87. The van der Waals surface area contributed by atoms with Crippen LogP contribution in [-0.4, -0.2) is 35.8 Å². The zero-order chi connectivity index (χ0) is 17.5. The lowest BCUT2D eigenvalue weighted by atomic mass is 9.91. The first kappa shape index (κ1) is 17.1. The lowest BCUT2D eigenvalue weighted by Gasteiger charge is -2.37. The molecule has 2 heterocycles. The molecule has 1 saturated heterocycles. The number of rotatable bonds is 1. The van der Waals surface area contributed by atoms with E-state index in [2.05, 4.69) is 0 Å². The van der Waals surface area contributed by atoms with Crippen molar-refractivity contribution in [1.29, 1.82) is 0 Å². The predicted molar refractivity (Wildman–Crippen MR) is 84.9 cm³/mol. The second-order valence-corrected chi connectivity index (χ2v) is 7.38. The Balaban J connectivity index is 1.86. The summed E-state index contributed by atoms with van der Waals surface area (Å²) in [5.41, 5.74) is 0.362. The smallest absolute Gasteiger partial charge is 0.410 e. The molecular weight excluding hydrogens is 316 g/mol. The van der Waals surface area contributed by atoms with Gasteiger partial charge in [0.2, 0.25) is 0 Å². The van der Waals surface area contributed by atoms with Crippen molar-refractivity contribution < 1.29 is 23.0 Å². The fourth-order valence-corrected chi connectivity index (χ4v) is 3.42. The number of benzene rings is 1.